The lowest BCUT2D eigenvalue weighted by molar-refractivity contribution is -0.138. The second-order valence-electron chi connectivity index (χ2n) is 4.32. The van der Waals surface area contributed by atoms with Crippen molar-refractivity contribution in [1.29, 1.82) is 0 Å². The van der Waals surface area contributed by atoms with Crippen molar-refractivity contribution in [3.8, 4) is 0 Å². The van der Waals surface area contributed by atoms with Crippen LogP contribution in [0.5, 0.6) is 0 Å². The van der Waals surface area contributed by atoms with E-state index in [0.717, 1.165) is 26.6 Å². The van der Waals surface area contributed by atoms with Gasteiger partial charge in [-0.25, -0.2) is 9.59 Å². The van der Waals surface area contributed by atoms with Gasteiger partial charge >= 0.3 is 11.9 Å². The monoisotopic (exact) mass is 337 g/mol. The number of hydrogen-bond donors (Lipinski definition) is 1. The van der Waals surface area contributed by atoms with Crippen molar-refractivity contribution in [2.75, 3.05) is 19.5 Å². The second-order valence-corrected chi connectivity index (χ2v) is 4.75. The highest BCUT2D eigenvalue weighted by Gasteiger charge is 2.16. The lowest BCUT2D eigenvalue weighted by atomic mass is 10.2. The van der Waals surface area contributed by atoms with Gasteiger partial charge in [0.25, 0.3) is 0 Å². The van der Waals surface area contributed by atoms with Crippen LogP contribution < -0.4 is 10.7 Å². The number of esters is 2. The molecule has 0 unspecified atom stereocenters. The fraction of sp³-hybridized carbons (Fsp3) is 0.133. The first-order chi connectivity index (χ1) is 11.0. The van der Waals surface area contributed by atoms with E-state index in [0.29, 0.717) is 10.6 Å². The van der Waals surface area contributed by atoms with Gasteiger partial charge in [-0.1, -0.05) is 11.6 Å². The number of benzene rings is 1. The Labute approximate surface area is 135 Å². The average molecular weight is 338 g/mol. The first-order valence-electron chi connectivity index (χ1n) is 6.32. The number of fused-ring (bicyclic) bond motifs is 1. The summed E-state index contributed by atoms with van der Waals surface area (Å²) in [5, 5.41) is 3.10. The number of hydrogen-bond acceptors (Lipinski definition) is 7. The molecule has 0 aliphatic carbocycles. The van der Waals surface area contributed by atoms with E-state index in [1.165, 1.54) is 6.07 Å². The molecule has 2 aromatic rings. The maximum absolute atomic E-state index is 12.4. The molecule has 0 amide bonds. The van der Waals surface area contributed by atoms with Crippen molar-refractivity contribution in [3.63, 3.8) is 0 Å². The van der Waals surface area contributed by atoms with Crippen LogP contribution in [0.25, 0.3) is 11.0 Å². The van der Waals surface area contributed by atoms with E-state index in [1.54, 1.807) is 12.1 Å². The second kappa shape index (κ2) is 6.97. The number of carbonyl (C=O) groups is 2. The van der Waals surface area contributed by atoms with Crippen LogP contribution in [-0.2, 0) is 19.1 Å². The molecule has 0 radical (unpaired) electrons. The molecule has 0 fully saturated rings. The van der Waals surface area contributed by atoms with Crippen molar-refractivity contribution in [2.24, 2.45) is 0 Å². The molecule has 1 heterocycles. The summed E-state index contributed by atoms with van der Waals surface area (Å²) in [5.74, 6) is -1.63. The van der Waals surface area contributed by atoms with Gasteiger partial charge in [0.2, 0.25) is 5.43 Å². The molecular formula is C15H12ClNO6. The summed E-state index contributed by atoms with van der Waals surface area (Å²) >= 11 is 5.86. The van der Waals surface area contributed by atoms with Gasteiger partial charge in [0.1, 0.15) is 23.2 Å². The van der Waals surface area contributed by atoms with Crippen LogP contribution in [0.2, 0.25) is 5.02 Å². The molecule has 0 aliphatic rings. The molecule has 1 N–H and O–H groups in total. The molecule has 0 bridgehead atoms. The van der Waals surface area contributed by atoms with Crippen LogP contribution in [0.15, 0.2) is 45.4 Å². The molecule has 2 rings (SSSR count). The van der Waals surface area contributed by atoms with Crippen molar-refractivity contribution >= 4 is 40.2 Å². The van der Waals surface area contributed by atoms with Gasteiger partial charge in [0, 0.05) is 5.02 Å². The minimum absolute atomic E-state index is 0.0553. The van der Waals surface area contributed by atoms with Gasteiger partial charge < -0.3 is 19.2 Å². The van der Waals surface area contributed by atoms with Gasteiger partial charge in [-0.15, -0.1) is 0 Å². The van der Waals surface area contributed by atoms with Crippen LogP contribution in [0.3, 0.4) is 0 Å². The van der Waals surface area contributed by atoms with Crippen LogP contribution in [-0.4, -0.2) is 26.2 Å². The van der Waals surface area contributed by atoms with Crippen LogP contribution >= 0.6 is 11.6 Å². The molecule has 0 spiro atoms. The number of carbonyl (C=O) groups excluding carboxylic acids is 2. The maximum Gasteiger partial charge on any atom is 0.354 e. The number of methoxy groups -OCH3 is 2. The third-order valence-corrected chi connectivity index (χ3v) is 3.11. The van der Waals surface area contributed by atoms with E-state index >= 15 is 0 Å². The summed E-state index contributed by atoms with van der Waals surface area (Å²) in [7, 11) is 2.29. The molecule has 120 valence electrons. The summed E-state index contributed by atoms with van der Waals surface area (Å²) in [4.78, 5) is 35.4. The summed E-state index contributed by atoms with van der Waals surface area (Å²) in [5.41, 5.74) is -0.441. The van der Waals surface area contributed by atoms with Gasteiger partial charge in [-0.05, 0) is 18.2 Å². The Kier molecular flexibility index (Phi) is 5.02. The Bertz CT molecular complexity index is 855. The van der Waals surface area contributed by atoms with Gasteiger partial charge in [0.05, 0.1) is 25.7 Å². The third-order valence-electron chi connectivity index (χ3n) is 2.87. The molecule has 8 heteroatoms. The quantitative estimate of drug-likeness (QED) is 0.674. The molecule has 7 nitrogen and oxygen atoms in total. The summed E-state index contributed by atoms with van der Waals surface area (Å²) in [6, 6.07) is 4.57. The summed E-state index contributed by atoms with van der Waals surface area (Å²) in [6.45, 7) is 0. The Balaban J connectivity index is 2.48. The lowest BCUT2D eigenvalue weighted by Gasteiger charge is -2.08. The molecule has 0 aliphatic heterocycles. The van der Waals surface area contributed by atoms with E-state index in [-0.39, 0.29) is 16.8 Å². The fourth-order valence-electron chi connectivity index (χ4n) is 1.77. The predicted octanol–water partition coefficient (Wildman–Crippen LogP) is 2.09. The number of nitrogens with one attached hydrogen (secondary N) is 1. The maximum atomic E-state index is 12.4. The van der Waals surface area contributed by atoms with Gasteiger partial charge in [0.15, 0.2) is 0 Å². The van der Waals surface area contributed by atoms with Gasteiger partial charge in [-0.3, -0.25) is 4.79 Å². The van der Waals surface area contributed by atoms with Crippen LogP contribution in [0.1, 0.15) is 0 Å². The van der Waals surface area contributed by atoms with E-state index in [1.807, 2.05) is 0 Å². The number of ether oxygens (including phenoxy) is 2. The minimum atomic E-state index is -0.846. The fourth-order valence-corrected chi connectivity index (χ4v) is 1.94. The largest absolute Gasteiger partial charge is 0.466 e. The topological polar surface area (TPSA) is 94.8 Å². The number of rotatable bonds is 4. The standard InChI is InChI=1S/C15H12ClNO6/c1-21-13(18)6-10(15(20)22-2)17-11-7-23-12-4-3-8(16)5-9(12)14(11)19/h3-7,17H,1-2H3. The summed E-state index contributed by atoms with van der Waals surface area (Å²) < 4.78 is 14.3. The number of anilines is 1. The highest BCUT2D eigenvalue weighted by Crippen LogP contribution is 2.19. The molecule has 0 saturated carbocycles. The van der Waals surface area contributed by atoms with E-state index < -0.39 is 17.4 Å². The summed E-state index contributed by atoms with van der Waals surface area (Å²) in [6.07, 6.45) is 2.00. The van der Waals surface area contributed by atoms with Crippen LogP contribution in [0.4, 0.5) is 5.69 Å². The Morgan fingerprint density at radius 2 is 2.00 bits per heavy atom. The van der Waals surface area contributed by atoms with E-state index in [9.17, 15) is 14.4 Å². The Morgan fingerprint density at radius 1 is 1.26 bits per heavy atom. The predicted molar refractivity (Wildman–Crippen MR) is 83.2 cm³/mol. The zero-order valence-electron chi connectivity index (χ0n) is 12.2. The molecule has 23 heavy (non-hydrogen) atoms. The zero-order valence-corrected chi connectivity index (χ0v) is 13.0. The number of halogens is 1. The van der Waals surface area contributed by atoms with E-state index in [4.69, 9.17) is 16.0 Å². The van der Waals surface area contributed by atoms with E-state index in [2.05, 4.69) is 14.8 Å². The van der Waals surface area contributed by atoms with Gasteiger partial charge in [-0.2, -0.15) is 0 Å². The van der Waals surface area contributed by atoms with Crippen LogP contribution in [0, 0.1) is 0 Å². The highest BCUT2D eigenvalue weighted by atomic mass is 35.5. The molecular weight excluding hydrogens is 326 g/mol. The average Bonchev–Trinajstić information content (AvgIpc) is 2.56. The SMILES string of the molecule is COC(=O)C=C(Nc1coc2ccc(Cl)cc2c1=O)C(=O)OC. The molecule has 1 aromatic carbocycles. The Morgan fingerprint density at radius 3 is 2.65 bits per heavy atom. The first kappa shape index (κ1) is 16.6. The molecule has 0 saturated heterocycles. The highest BCUT2D eigenvalue weighted by molar-refractivity contribution is 6.31. The van der Waals surface area contributed by atoms with Crippen molar-refractivity contribution in [2.45, 2.75) is 0 Å². The smallest absolute Gasteiger partial charge is 0.354 e. The van der Waals surface area contributed by atoms with Crippen molar-refractivity contribution in [3.05, 3.63) is 51.5 Å². The first-order valence-corrected chi connectivity index (χ1v) is 6.70. The molecule has 1 aromatic heterocycles. The normalized spacial score (nSPS) is 11.2. The van der Waals surface area contributed by atoms with Crippen molar-refractivity contribution in [1.82, 2.24) is 0 Å². The third kappa shape index (κ3) is 3.70. The zero-order chi connectivity index (χ0) is 17.0. The minimum Gasteiger partial charge on any atom is -0.466 e. The molecule has 0 atom stereocenters. The van der Waals surface area contributed by atoms with Crippen molar-refractivity contribution < 1.29 is 23.5 Å². The Hall–Kier alpha value is -2.80. The lowest BCUT2D eigenvalue weighted by Crippen LogP contribution is -2.19.